The molecule has 0 spiro atoms. The molecular formula is C12H12O3. The topological polar surface area (TPSA) is 35.5 Å². The van der Waals surface area contributed by atoms with Gasteiger partial charge in [-0.25, -0.2) is 4.79 Å². The Bertz CT molecular complexity index is 436. The highest BCUT2D eigenvalue weighted by atomic mass is 16.7. The highest BCUT2D eigenvalue weighted by Crippen LogP contribution is 2.32. The third-order valence-electron chi connectivity index (χ3n) is 2.34. The molecule has 1 aliphatic rings. The van der Waals surface area contributed by atoms with Crippen LogP contribution in [0.1, 0.15) is 22.8 Å². The minimum Gasteiger partial charge on any atom is -0.448 e. The summed E-state index contributed by atoms with van der Waals surface area (Å²) in [6.07, 6.45) is 1.47. The van der Waals surface area contributed by atoms with Crippen molar-refractivity contribution in [3.8, 4) is 5.75 Å². The molecule has 1 aromatic carbocycles. The van der Waals surface area contributed by atoms with Gasteiger partial charge in [0.1, 0.15) is 11.3 Å². The van der Waals surface area contributed by atoms with Crippen LogP contribution in [-0.2, 0) is 4.74 Å². The van der Waals surface area contributed by atoms with Crippen LogP contribution in [0.2, 0.25) is 0 Å². The first-order valence-corrected chi connectivity index (χ1v) is 4.71. The maximum atomic E-state index is 11.6. The van der Waals surface area contributed by atoms with Crippen molar-refractivity contribution >= 4 is 5.97 Å². The Labute approximate surface area is 88.3 Å². The van der Waals surface area contributed by atoms with E-state index in [0.29, 0.717) is 11.3 Å². The largest absolute Gasteiger partial charge is 0.448 e. The van der Waals surface area contributed by atoms with E-state index in [2.05, 4.69) is 6.58 Å². The minimum absolute atomic E-state index is 0.376. The summed E-state index contributed by atoms with van der Waals surface area (Å²) in [5, 5.41) is 0. The number of rotatable bonds is 1. The zero-order chi connectivity index (χ0) is 11.1. The van der Waals surface area contributed by atoms with Gasteiger partial charge in [0.25, 0.3) is 5.79 Å². The van der Waals surface area contributed by atoms with E-state index >= 15 is 0 Å². The van der Waals surface area contributed by atoms with E-state index in [1.807, 2.05) is 19.1 Å². The summed E-state index contributed by atoms with van der Waals surface area (Å²) in [5.41, 5.74) is 1.50. The van der Waals surface area contributed by atoms with Gasteiger partial charge in [-0.2, -0.15) is 0 Å². The van der Waals surface area contributed by atoms with Crippen LogP contribution in [-0.4, -0.2) is 11.8 Å². The molecule has 0 N–H and O–H groups in total. The molecule has 0 radical (unpaired) electrons. The summed E-state index contributed by atoms with van der Waals surface area (Å²) in [7, 11) is 0. The standard InChI is InChI=1S/C12H12O3/c1-4-12(3)14-10-7-8(2)5-6-9(10)11(13)15-12/h4-7H,1H2,2-3H3. The second-order valence-corrected chi connectivity index (χ2v) is 3.71. The number of carbonyl (C=O) groups excluding carboxylic acids is 1. The maximum Gasteiger partial charge on any atom is 0.345 e. The van der Waals surface area contributed by atoms with Gasteiger partial charge in [0, 0.05) is 6.92 Å². The van der Waals surface area contributed by atoms with E-state index in [0.717, 1.165) is 5.56 Å². The van der Waals surface area contributed by atoms with E-state index in [1.54, 1.807) is 13.0 Å². The number of fused-ring (bicyclic) bond motifs is 1. The third-order valence-corrected chi connectivity index (χ3v) is 2.34. The summed E-state index contributed by atoms with van der Waals surface area (Å²) in [6.45, 7) is 7.18. The number of carbonyl (C=O) groups is 1. The number of ether oxygens (including phenoxy) is 2. The smallest absolute Gasteiger partial charge is 0.345 e. The lowest BCUT2D eigenvalue weighted by molar-refractivity contribution is -0.105. The lowest BCUT2D eigenvalue weighted by Gasteiger charge is -2.32. The molecule has 0 aromatic heterocycles. The molecule has 2 rings (SSSR count). The molecule has 15 heavy (non-hydrogen) atoms. The summed E-state index contributed by atoms with van der Waals surface area (Å²) in [6, 6.07) is 5.37. The molecule has 1 aliphatic heterocycles. The van der Waals surface area contributed by atoms with Crippen molar-refractivity contribution in [2.45, 2.75) is 19.6 Å². The van der Waals surface area contributed by atoms with Crippen LogP contribution in [0.3, 0.4) is 0 Å². The number of hydrogen-bond donors (Lipinski definition) is 0. The average molecular weight is 204 g/mol. The van der Waals surface area contributed by atoms with Crippen molar-refractivity contribution in [2.75, 3.05) is 0 Å². The van der Waals surface area contributed by atoms with Crippen LogP contribution >= 0.6 is 0 Å². The van der Waals surface area contributed by atoms with E-state index in [4.69, 9.17) is 9.47 Å². The molecule has 0 amide bonds. The first kappa shape index (κ1) is 9.77. The zero-order valence-corrected chi connectivity index (χ0v) is 8.74. The highest BCUT2D eigenvalue weighted by Gasteiger charge is 2.35. The predicted molar refractivity (Wildman–Crippen MR) is 55.8 cm³/mol. The van der Waals surface area contributed by atoms with Crippen molar-refractivity contribution in [3.63, 3.8) is 0 Å². The van der Waals surface area contributed by atoms with Gasteiger partial charge in [-0.15, -0.1) is 0 Å². The van der Waals surface area contributed by atoms with Crippen LogP contribution in [0.4, 0.5) is 0 Å². The molecule has 0 saturated carbocycles. The molecule has 1 heterocycles. The normalized spacial score (nSPS) is 23.7. The number of cyclic esters (lactones) is 1. The summed E-state index contributed by atoms with van der Waals surface area (Å²) in [4.78, 5) is 11.6. The Balaban J connectivity index is 2.50. The Morgan fingerprint density at radius 2 is 2.13 bits per heavy atom. The molecule has 1 aromatic rings. The Morgan fingerprint density at radius 1 is 1.40 bits per heavy atom. The Hall–Kier alpha value is -1.77. The van der Waals surface area contributed by atoms with Gasteiger partial charge in [-0.1, -0.05) is 12.6 Å². The molecule has 78 valence electrons. The molecule has 1 atom stereocenters. The van der Waals surface area contributed by atoms with Gasteiger partial charge in [-0.05, 0) is 30.7 Å². The van der Waals surface area contributed by atoms with Gasteiger partial charge in [0.05, 0.1) is 0 Å². The first-order valence-electron chi connectivity index (χ1n) is 4.71. The second kappa shape index (κ2) is 3.12. The van der Waals surface area contributed by atoms with Gasteiger partial charge in [-0.3, -0.25) is 0 Å². The van der Waals surface area contributed by atoms with E-state index in [1.165, 1.54) is 6.08 Å². The molecule has 0 aliphatic carbocycles. The van der Waals surface area contributed by atoms with Crippen molar-refractivity contribution in [2.24, 2.45) is 0 Å². The highest BCUT2D eigenvalue weighted by molar-refractivity contribution is 5.93. The molecule has 1 unspecified atom stereocenters. The van der Waals surface area contributed by atoms with E-state index in [-0.39, 0.29) is 5.97 Å². The summed E-state index contributed by atoms with van der Waals surface area (Å²) in [5.74, 6) is -0.884. The molecule has 0 bridgehead atoms. The summed E-state index contributed by atoms with van der Waals surface area (Å²) < 4.78 is 10.7. The third kappa shape index (κ3) is 1.61. The first-order chi connectivity index (χ1) is 7.04. The number of hydrogen-bond acceptors (Lipinski definition) is 3. The zero-order valence-electron chi connectivity index (χ0n) is 8.74. The number of aryl methyl sites for hydroxylation is 1. The van der Waals surface area contributed by atoms with Crippen LogP contribution in [0.5, 0.6) is 5.75 Å². The fraction of sp³-hybridized carbons (Fsp3) is 0.250. The molecule has 0 saturated heterocycles. The van der Waals surface area contributed by atoms with Gasteiger partial charge < -0.3 is 9.47 Å². The SMILES string of the molecule is C=CC1(C)OC(=O)c2ccc(C)cc2O1. The lowest BCUT2D eigenvalue weighted by Crippen LogP contribution is -2.39. The lowest BCUT2D eigenvalue weighted by atomic mass is 10.1. The van der Waals surface area contributed by atoms with Crippen LogP contribution < -0.4 is 4.74 Å². The fourth-order valence-electron chi connectivity index (χ4n) is 1.44. The van der Waals surface area contributed by atoms with Gasteiger partial charge >= 0.3 is 5.97 Å². The van der Waals surface area contributed by atoms with Gasteiger partial charge in [0.15, 0.2) is 0 Å². The van der Waals surface area contributed by atoms with Crippen LogP contribution in [0.15, 0.2) is 30.9 Å². The van der Waals surface area contributed by atoms with Crippen LogP contribution in [0.25, 0.3) is 0 Å². The number of esters is 1. The second-order valence-electron chi connectivity index (χ2n) is 3.71. The van der Waals surface area contributed by atoms with E-state index < -0.39 is 5.79 Å². The van der Waals surface area contributed by atoms with Crippen molar-refractivity contribution in [1.82, 2.24) is 0 Å². The number of benzene rings is 1. The predicted octanol–water partition coefficient (Wildman–Crippen LogP) is 2.45. The molecule has 3 nitrogen and oxygen atoms in total. The van der Waals surface area contributed by atoms with Crippen molar-refractivity contribution in [1.29, 1.82) is 0 Å². The molecule has 0 fully saturated rings. The van der Waals surface area contributed by atoms with Gasteiger partial charge in [0.2, 0.25) is 0 Å². The van der Waals surface area contributed by atoms with Crippen molar-refractivity contribution in [3.05, 3.63) is 42.0 Å². The van der Waals surface area contributed by atoms with Crippen LogP contribution in [0, 0.1) is 6.92 Å². The monoisotopic (exact) mass is 204 g/mol. The average Bonchev–Trinajstić information content (AvgIpc) is 2.16. The fourth-order valence-corrected chi connectivity index (χ4v) is 1.44. The minimum atomic E-state index is -1.06. The Morgan fingerprint density at radius 3 is 2.80 bits per heavy atom. The van der Waals surface area contributed by atoms with E-state index in [9.17, 15) is 4.79 Å². The molecule has 3 heteroatoms. The Kier molecular flexibility index (Phi) is 2.03. The quantitative estimate of drug-likeness (QED) is 0.520. The summed E-state index contributed by atoms with van der Waals surface area (Å²) >= 11 is 0. The molecular weight excluding hydrogens is 192 g/mol. The maximum absolute atomic E-state index is 11.6. The van der Waals surface area contributed by atoms with Crippen molar-refractivity contribution < 1.29 is 14.3 Å².